The van der Waals surface area contributed by atoms with Gasteiger partial charge in [0.05, 0.1) is 11.3 Å². The van der Waals surface area contributed by atoms with Crippen molar-refractivity contribution in [3.05, 3.63) is 52.5 Å². The first-order chi connectivity index (χ1) is 18.0. The van der Waals surface area contributed by atoms with Gasteiger partial charge in [0.25, 0.3) is 0 Å². The highest BCUT2D eigenvalue weighted by molar-refractivity contribution is 6.31. The van der Waals surface area contributed by atoms with Crippen LogP contribution in [0.1, 0.15) is 73.7 Å². The van der Waals surface area contributed by atoms with Crippen molar-refractivity contribution < 1.29 is 9.90 Å². The molecule has 5 nitrogen and oxygen atoms in total. The number of hydrogen-bond donors (Lipinski definition) is 1. The highest BCUT2D eigenvalue weighted by atomic mass is 35.5. The predicted molar refractivity (Wildman–Crippen MR) is 152 cm³/mol. The number of carboxylic acid groups (broad SMARTS) is 1. The summed E-state index contributed by atoms with van der Waals surface area (Å²) < 4.78 is 2.42. The number of carboxylic acids is 1. The predicted octanol–water partition coefficient (Wildman–Crippen LogP) is 7.26. The lowest BCUT2D eigenvalue weighted by Gasteiger charge is -2.33. The Bertz CT molecular complexity index is 1310. The maximum Gasteiger partial charge on any atom is 0.335 e. The molecule has 6 rings (SSSR count). The number of nitrogens with zero attached hydrogens (tertiary/aromatic N) is 3. The standard InChI is InChI=1S/C31H38ClN3O2/c1-21-6-5-13-33(20-21)14-15-34-16-17-35-28-18-23(31(36)37)9-11-25(28)29(22-7-3-2-4-8-22)30(35)26-12-10-24(32)19-27(26)34/h9-12,18-19,21-22H,2-8,13-17,20H2,1H3,(H,36,37). The molecule has 2 aromatic carbocycles. The zero-order chi connectivity index (χ0) is 25.5. The number of likely N-dealkylation sites (tertiary alicyclic amines) is 1. The minimum Gasteiger partial charge on any atom is -0.478 e. The van der Waals surface area contributed by atoms with Crippen molar-refractivity contribution in [3.8, 4) is 11.3 Å². The van der Waals surface area contributed by atoms with Crippen molar-refractivity contribution in [3.63, 3.8) is 0 Å². The van der Waals surface area contributed by atoms with Gasteiger partial charge in [-0.2, -0.15) is 0 Å². The van der Waals surface area contributed by atoms with Gasteiger partial charge in [-0.15, -0.1) is 0 Å². The molecule has 0 amide bonds. The van der Waals surface area contributed by atoms with Crippen LogP contribution in [0.5, 0.6) is 0 Å². The average Bonchev–Trinajstić information content (AvgIpc) is 3.13. The van der Waals surface area contributed by atoms with E-state index in [4.69, 9.17) is 11.6 Å². The second-order valence-corrected chi connectivity index (χ2v) is 11.9. The number of aromatic carboxylic acids is 1. The van der Waals surface area contributed by atoms with E-state index in [9.17, 15) is 9.90 Å². The molecule has 0 radical (unpaired) electrons. The Labute approximate surface area is 225 Å². The van der Waals surface area contributed by atoms with Gasteiger partial charge in [0.2, 0.25) is 0 Å². The van der Waals surface area contributed by atoms with E-state index < -0.39 is 5.97 Å². The summed E-state index contributed by atoms with van der Waals surface area (Å²) in [5.41, 5.74) is 6.58. The smallest absolute Gasteiger partial charge is 0.335 e. The highest BCUT2D eigenvalue weighted by Gasteiger charge is 2.31. The van der Waals surface area contributed by atoms with E-state index in [2.05, 4.69) is 39.5 Å². The molecule has 1 aromatic heterocycles. The Kier molecular flexibility index (Phi) is 6.93. The number of hydrogen-bond acceptors (Lipinski definition) is 3. The molecule has 1 saturated heterocycles. The molecular formula is C31H38ClN3O2. The lowest BCUT2D eigenvalue weighted by Crippen LogP contribution is -2.40. The van der Waals surface area contributed by atoms with Gasteiger partial charge in [0, 0.05) is 59.9 Å². The second-order valence-electron chi connectivity index (χ2n) is 11.5. The zero-order valence-electron chi connectivity index (χ0n) is 21.9. The third kappa shape index (κ3) is 4.77. The van der Waals surface area contributed by atoms with Gasteiger partial charge in [0.1, 0.15) is 0 Å². The van der Waals surface area contributed by atoms with Crippen molar-refractivity contribution in [1.82, 2.24) is 9.47 Å². The quantitative estimate of drug-likeness (QED) is 0.385. The molecule has 1 atom stereocenters. The monoisotopic (exact) mass is 519 g/mol. The van der Waals surface area contributed by atoms with E-state index in [-0.39, 0.29) is 0 Å². The molecule has 1 unspecified atom stereocenters. The van der Waals surface area contributed by atoms with Crippen LogP contribution >= 0.6 is 11.6 Å². The first-order valence-electron chi connectivity index (χ1n) is 14.2. The molecule has 37 heavy (non-hydrogen) atoms. The molecule has 0 spiro atoms. The zero-order valence-corrected chi connectivity index (χ0v) is 22.6. The summed E-state index contributed by atoms with van der Waals surface area (Å²) in [4.78, 5) is 17.0. The number of anilines is 1. The summed E-state index contributed by atoms with van der Waals surface area (Å²) in [6.07, 6.45) is 8.86. The van der Waals surface area contributed by atoms with E-state index in [1.807, 2.05) is 12.1 Å². The molecule has 3 aromatic rings. The highest BCUT2D eigenvalue weighted by Crippen LogP contribution is 2.47. The molecule has 196 valence electrons. The molecule has 1 N–H and O–H groups in total. The molecule has 2 aliphatic heterocycles. The largest absolute Gasteiger partial charge is 0.478 e. The van der Waals surface area contributed by atoms with Crippen LogP contribution in [-0.2, 0) is 6.54 Å². The van der Waals surface area contributed by atoms with Gasteiger partial charge in [0.15, 0.2) is 0 Å². The summed E-state index contributed by atoms with van der Waals surface area (Å²) >= 11 is 6.60. The van der Waals surface area contributed by atoms with Gasteiger partial charge in [-0.1, -0.05) is 43.9 Å². The van der Waals surface area contributed by atoms with Crippen LogP contribution in [0.2, 0.25) is 5.02 Å². The topological polar surface area (TPSA) is 48.7 Å². The molecule has 0 bridgehead atoms. The third-order valence-corrected chi connectivity index (χ3v) is 9.18. The van der Waals surface area contributed by atoms with Gasteiger partial charge in [-0.05, 0) is 80.0 Å². The minimum absolute atomic E-state index is 0.361. The van der Waals surface area contributed by atoms with E-state index in [0.29, 0.717) is 11.5 Å². The summed E-state index contributed by atoms with van der Waals surface area (Å²) in [5.74, 6) is 0.413. The van der Waals surface area contributed by atoms with Crippen molar-refractivity contribution in [2.45, 2.75) is 64.3 Å². The number of aromatic nitrogens is 1. The molecule has 1 aliphatic carbocycles. The molecule has 3 heterocycles. The fourth-order valence-electron chi connectivity index (χ4n) is 7.13. The second kappa shape index (κ2) is 10.3. The Morgan fingerprint density at radius 1 is 0.973 bits per heavy atom. The number of benzene rings is 2. The van der Waals surface area contributed by atoms with Crippen LogP contribution in [0.4, 0.5) is 5.69 Å². The number of halogens is 1. The van der Waals surface area contributed by atoms with Crippen molar-refractivity contribution >= 4 is 34.2 Å². The number of fused-ring (bicyclic) bond motifs is 5. The lowest BCUT2D eigenvalue weighted by molar-refractivity contribution is 0.0697. The van der Waals surface area contributed by atoms with E-state index in [1.165, 1.54) is 85.9 Å². The Morgan fingerprint density at radius 3 is 2.59 bits per heavy atom. The summed E-state index contributed by atoms with van der Waals surface area (Å²) in [5, 5.41) is 11.8. The van der Waals surface area contributed by atoms with E-state index in [0.717, 1.165) is 42.6 Å². The van der Waals surface area contributed by atoms with Crippen LogP contribution in [0.3, 0.4) is 0 Å². The third-order valence-electron chi connectivity index (χ3n) is 8.94. The summed E-state index contributed by atoms with van der Waals surface area (Å²) in [7, 11) is 0. The van der Waals surface area contributed by atoms with Gasteiger partial charge in [-0.25, -0.2) is 4.79 Å². The van der Waals surface area contributed by atoms with Crippen molar-refractivity contribution in [1.29, 1.82) is 0 Å². The normalized spacial score (nSPS) is 21.0. The molecule has 6 heteroatoms. The minimum atomic E-state index is -0.866. The summed E-state index contributed by atoms with van der Waals surface area (Å²) in [6.45, 7) is 8.50. The number of rotatable bonds is 5. The average molecular weight is 520 g/mol. The van der Waals surface area contributed by atoms with Crippen LogP contribution in [-0.4, -0.2) is 53.3 Å². The van der Waals surface area contributed by atoms with Gasteiger partial charge in [-0.3, -0.25) is 0 Å². The molecular weight excluding hydrogens is 482 g/mol. The van der Waals surface area contributed by atoms with E-state index >= 15 is 0 Å². The Balaban J connectivity index is 1.46. The van der Waals surface area contributed by atoms with Crippen LogP contribution in [0, 0.1) is 5.92 Å². The SMILES string of the molecule is CC1CCCN(CCN2CCn3c(c(C4CCCCC4)c4ccc(C(=O)O)cc43)-c3ccc(Cl)cc32)C1. The first kappa shape index (κ1) is 24.8. The molecule has 1 saturated carbocycles. The summed E-state index contributed by atoms with van der Waals surface area (Å²) in [6, 6.07) is 12.1. The van der Waals surface area contributed by atoms with Crippen LogP contribution in [0.15, 0.2) is 36.4 Å². The van der Waals surface area contributed by atoms with Crippen LogP contribution in [0.25, 0.3) is 22.2 Å². The van der Waals surface area contributed by atoms with E-state index in [1.54, 1.807) is 6.07 Å². The number of piperidine rings is 1. The fourth-order valence-corrected chi connectivity index (χ4v) is 7.29. The van der Waals surface area contributed by atoms with Crippen molar-refractivity contribution in [2.75, 3.05) is 37.6 Å². The maximum absolute atomic E-state index is 11.9. The molecule has 3 aliphatic rings. The number of carbonyl (C=O) groups is 1. The fraction of sp³-hybridized carbons (Fsp3) is 0.516. The van der Waals surface area contributed by atoms with Gasteiger partial charge >= 0.3 is 5.97 Å². The first-order valence-corrected chi connectivity index (χ1v) is 14.5. The van der Waals surface area contributed by atoms with Crippen LogP contribution < -0.4 is 4.90 Å². The molecule has 2 fully saturated rings. The van der Waals surface area contributed by atoms with Crippen molar-refractivity contribution in [2.24, 2.45) is 5.92 Å². The lowest BCUT2D eigenvalue weighted by atomic mass is 9.81. The Hall–Kier alpha value is -2.50. The maximum atomic E-state index is 11.9. The Morgan fingerprint density at radius 2 is 1.81 bits per heavy atom. The van der Waals surface area contributed by atoms with Gasteiger partial charge < -0.3 is 19.5 Å².